The minimum absolute atomic E-state index is 0.0152. The van der Waals surface area contributed by atoms with Gasteiger partial charge < -0.3 is 21.7 Å². The summed E-state index contributed by atoms with van der Waals surface area (Å²) in [5.41, 5.74) is 8.13. The summed E-state index contributed by atoms with van der Waals surface area (Å²) in [6.45, 7) is -0.332. The molecular formula is C23H25N3O8. The number of ketones is 5. The number of hydrogen-bond acceptors (Lipinski definition) is 10. The van der Waals surface area contributed by atoms with Gasteiger partial charge in [0.1, 0.15) is 5.75 Å². The summed E-state index contributed by atoms with van der Waals surface area (Å²) in [6.07, 6.45) is -0.0723. The number of carbonyl (C=O) groups excluding carboxylic acids is 6. The van der Waals surface area contributed by atoms with Crippen LogP contribution in [0.25, 0.3) is 0 Å². The molecule has 3 aliphatic rings. The number of likely N-dealkylation sites (N-methyl/N-ethyl adjacent to an activating group) is 1. The van der Waals surface area contributed by atoms with Gasteiger partial charge in [0.25, 0.3) is 0 Å². The average molecular weight is 471 g/mol. The van der Waals surface area contributed by atoms with E-state index in [1.807, 2.05) is 0 Å². The molecule has 1 aromatic carbocycles. The highest BCUT2D eigenvalue weighted by molar-refractivity contribution is 6.32. The van der Waals surface area contributed by atoms with E-state index in [2.05, 4.69) is 0 Å². The molecule has 0 spiro atoms. The minimum Gasteiger partial charge on any atom is -0.507 e. The molecule has 0 bridgehead atoms. The van der Waals surface area contributed by atoms with Crippen LogP contribution in [0.4, 0.5) is 0 Å². The lowest BCUT2D eigenvalue weighted by Gasteiger charge is -2.52. The van der Waals surface area contributed by atoms with Crippen LogP contribution < -0.4 is 11.5 Å². The summed E-state index contributed by atoms with van der Waals surface area (Å²) in [7, 11) is 3.01. The molecule has 2 fully saturated rings. The number of aromatic hydroxyl groups is 1. The first-order valence-corrected chi connectivity index (χ1v) is 10.8. The normalized spacial score (nSPS) is 32.8. The fraction of sp³-hybridized carbons (Fsp3) is 0.478. The molecule has 11 heteroatoms. The second kappa shape index (κ2) is 7.90. The summed E-state index contributed by atoms with van der Waals surface area (Å²) in [6, 6.07) is 1.32. The first kappa shape index (κ1) is 23.9. The van der Waals surface area contributed by atoms with Crippen LogP contribution in [-0.4, -0.2) is 82.2 Å². The Bertz CT molecular complexity index is 1170. The highest BCUT2D eigenvalue weighted by Gasteiger charge is 2.69. The van der Waals surface area contributed by atoms with Gasteiger partial charge in [0.05, 0.1) is 24.1 Å². The van der Waals surface area contributed by atoms with Crippen molar-refractivity contribution in [1.29, 1.82) is 0 Å². The Morgan fingerprint density at radius 3 is 2.35 bits per heavy atom. The first-order valence-electron chi connectivity index (χ1n) is 10.8. The van der Waals surface area contributed by atoms with E-state index in [0.717, 1.165) is 6.07 Å². The maximum Gasteiger partial charge on any atom is 0.235 e. The van der Waals surface area contributed by atoms with Crippen molar-refractivity contribution in [3.05, 3.63) is 28.8 Å². The Hall–Kier alpha value is -3.28. The number of aliphatic hydroxyl groups is 1. The van der Waals surface area contributed by atoms with Crippen LogP contribution in [-0.2, 0) is 25.6 Å². The van der Waals surface area contributed by atoms with Gasteiger partial charge in [0, 0.05) is 11.5 Å². The lowest BCUT2D eigenvalue weighted by molar-refractivity contribution is -0.181. The van der Waals surface area contributed by atoms with E-state index < -0.39 is 75.9 Å². The maximum absolute atomic E-state index is 13.6. The zero-order chi connectivity index (χ0) is 25.3. The smallest absolute Gasteiger partial charge is 0.235 e. The predicted octanol–water partition coefficient (Wildman–Crippen LogP) is -1.99. The van der Waals surface area contributed by atoms with Gasteiger partial charge in [0.15, 0.2) is 40.4 Å². The van der Waals surface area contributed by atoms with Gasteiger partial charge in [0.2, 0.25) is 5.91 Å². The predicted molar refractivity (Wildman–Crippen MR) is 115 cm³/mol. The van der Waals surface area contributed by atoms with Crippen molar-refractivity contribution in [1.82, 2.24) is 4.90 Å². The molecule has 4 rings (SSSR count). The van der Waals surface area contributed by atoms with Crippen molar-refractivity contribution in [3.8, 4) is 5.75 Å². The van der Waals surface area contributed by atoms with Gasteiger partial charge in [-0.25, -0.2) is 0 Å². The fourth-order valence-electron chi connectivity index (χ4n) is 5.98. The molecule has 1 aromatic rings. The Balaban J connectivity index is 1.89. The van der Waals surface area contributed by atoms with E-state index in [1.54, 1.807) is 0 Å². The van der Waals surface area contributed by atoms with Gasteiger partial charge in [-0.3, -0.25) is 33.7 Å². The largest absolute Gasteiger partial charge is 0.507 e. The standard InChI is InChI=1S/C23H25N3O8/c1-26(2)17-11-6-8-5-10-9(13(28)7-24)3-4-12(27)15(10)18(29)14(8)20(31)23(11,34)21(32)16(19(17)30)22(25)33/h3-4,8,11,14,16-17,27,34H,5-7,24H2,1-2H3,(H2,25,33)/t8-,11-,14?,16?,17-,23-/m0/s1. The number of rotatable bonds is 4. The van der Waals surface area contributed by atoms with Gasteiger partial charge >= 0.3 is 0 Å². The number of Topliss-reactive ketones (excluding diaryl/α,β-unsaturated/α-hetero) is 5. The molecular weight excluding hydrogens is 446 g/mol. The lowest BCUT2D eigenvalue weighted by Crippen LogP contribution is -2.74. The average Bonchev–Trinajstić information content (AvgIpc) is 2.75. The molecule has 0 heterocycles. The highest BCUT2D eigenvalue weighted by atomic mass is 16.3. The topological polar surface area (TPSA) is 198 Å². The molecule has 6 atom stereocenters. The van der Waals surface area contributed by atoms with Gasteiger partial charge in [-0.1, -0.05) is 0 Å². The van der Waals surface area contributed by atoms with Crippen molar-refractivity contribution in [2.45, 2.75) is 24.5 Å². The quantitative estimate of drug-likeness (QED) is 0.281. The van der Waals surface area contributed by atoms with E-state index in [1.165, 1.54) is 25.1 Å². The second-order valence-electron chi connectivity index (χ2n) is 9.40. The zero-order valence-electron chi connectivity index (χ0n) is 18.6. The summed E-state index contributed by atoms with van der Waals surface area (Å²) in [4.78, 5) is 79.0. The third-order valence-corrected chi connectivity index (χ3v) is 7.43. The molecule has 0 saturated heterocycles. The van der Waals surface area contributed by atoms with Crippen molar-refractivity contribution < 1.29 is 39.0 Å². The molecule has 3 aliphatic carbocycles. The Labute approximate surface area is 194 Å². The number of nitrogens with zero attached hydrogens (tertiary/aromatic N) is 1. The van der Waals surface area contributed by atoms with E-state index >= 15 is 0 Å². The summed E-state index contributed by atoms with van der Waals surface area (Å²) in [5.74, 6) is -11.8. The summed E-state index contributed by atoms with van der Waals surface area (Å²) >= 11 is 0. The first-order chi connectivity index (χ1) is 15.9. The van der Waals surface area contributed by atoms with Crippen molar-refractivity contribution >= 4 is 34.8 Å². The van der Waals surface area contributed by atoms with E-state index in [0.29, 0.717) is 0 Å². The molecule has 0 aromatic heterocycles. The van der Waals surface area contributed by atoms with Crippen molar-refractivity contribution in [3.63, 3.8) is 0 Å². The van der Waals surface area contributed by atoms with Gasteiger partial charge in [-0.2, -0.15) is 0 Å². The molecule has 0 aliphatic heterocycles. The van der Waals surface area contributed by atoms with Crippen LogP contribution in [0.5, 0.6) is 5.75 Å². The minimum atomic E-state index is -2.78. The lowest BCUT2D eigenvalue weighted by atomic mass is 9.52. The Morgan fingerprint density at radius 2 is 1.79 bits per heavy atom. The second-order valence-corrected chi connectivity index (χ2v) is 9.40. The molecule has 2 unspecified atom stereocenters. The Kier molecular flexibility index (Phi) is 5.54. The molecule has 1 amide bonds. The molecule has 0 radical (unpaired) electrons. The van der Waals surface area contributed by atoms with E-state index in [9.17, 15) is 39.0 Å². The zero-order valence-corrected chi connectivity index (χ0v) is 18.6. The molecule has 34 heavy (non-hydrogen) atoms. The third-order valence-electron chi connectivity index (χ3n) is 7.43. The number of fused-ring (bicyclic) bond motifs is 3. The van der Waals surface area contributed by atoms with Crippen LogP contribution in [0.1, 0.15) is 32.7 Å². The van der Waals surface area contributed by atoms with Crippen LogP contribution in [0.15, 0.2) is 12.1 Å². The van der Waals surface area contributed by atoms with Crippen LogP contribution in [0, 0.1) is 23.7 Å². The number of hydrogen-bond donors (Lipinski definition) is 4. The van der Waals surface area contributed by atoms with E-state index in [-0.39, 0.29) is 36.1 Å². The van der Waals surface area contributed by atoms with Crippen molar-refractivity contribution in [2.75, 3.05) is 20.6 Å². The molecule has 180 valence electrons. The fourth-order valence-corrected chi connectivity index (χ4v) is 5.98. The van der Waals surface area contributed by atoms with Gasteiger partial charge in [-0.05, 0) is 50.6 Å². The number of benzene rings is 1. The third kappa shape index (κ3) is 3.00. The number of primary amides is 1. The Morgan fingerprint density at radius 1 is 1.15 bits per heavy atom. The highest BCUT2D eigenvalue weighted by Crippen LogP contribution is 2.50. The number of nitrogens with two attached hydrogens (primary N) is 2. The number of amides is 1. The maximum atomic E-state index is 13.6. The summed E-state index contributed by atoms with van der Waals surface area (Å²) < 4.78 is 0. The molecule has 11 nitrogen and oxygen atoms in total. The van der Waals surface area contributed by atoms with Gasteiger partial charge in [-0.15, -0.1) is 0 Å². The van der Waals surface area contributed by atoms with Crippen LogP contribution in [0.3, 0.4) is 0 Å². The molecule has 6 N–H and O–H groups in total. The van der Waals surface area contributed by atoms with Crippen molar-refractivity contribution in [2.24, 2.45) is 35.1 Å². The number of phenols is 1. The van der Waals surface area contributed by atoms with Crippen LogP contribution in [0.2, 0.25) is 0 Å². The van der Waals surface area contributed by atoms with E-state index in [4.69, 9.17) is 11.5 Å². The summed E-state index contributed by atoms with van der Waals surface area (Å²) in [5, 5.41) is 21.8. The van der Waals surface area contributed by atoms with Crippen LogP contribution >= 0.6 is 0 Å². The SMILES string of the molecule is CN(C)[C@@H]1C(=O)C(C(N)=O)C(=O)[C@@]2(O)C(=O)C3C(=O)c4c(O)ccc(C(=O)CN)c4C[C@H]3C[C@@H]12. The molecule has 2 saturated carbocycles. The monoisotopic (exact) mass is 471 g/mol. The number of phenolic OH excluding ortho intramolecular Hbond substituents is 1. The number of carbonyl (C=O) groups is 6.